The van der Waals surface area contributed by atoms with Crippen molar-refractivity contribution in [1.82, 2.24) is 14.8 Å². The van der Waals surface area contributed by atoms with Crippen LogP contribution in [0.2, 0.25) is 0 Å². The number of carbonyl (C=O) groups is 1. The van der Waals surface area contributed by atoms with Crippen LogP contribution in [-0.2, 0) is 21.2 Å². The third-order valence-electron chi connectivity index (χ3n) is 5.33. The van der Waals surface area contributed by atoms with Crippen molar-refractivity contribution in [3.8, 4) is 11.4 Å². The summed E-state index contributed by atoms with van der Waals surface area (Å²) in [5.74, 6) is 1.54. The van der Waals surface area contributed by atoms with Gasteiger partial charge in [0.2, 0.25) is 5.91 Å². The Balaban J connectivity index is 1.55. The fraction of sp³-hybridized carbons (Fsp3) is 0.381. The molecule has 0 radical (unpaired) electrons. The Morgan fingerprint density at radius 3 is 2.65 bits per heavy atom. The molecule has 1 fully saturated rings. The molecule has 10 heteroatoms. The monoisotopic (exact) mass is 460 g/mol. The summed E-state index contributed by atoms with van der Waals surface area (Å²) < 4.78 is 31.4. The van der Waals surface area contributed by atoms with E-state index in [-0.39, 0.29) is 29.2 Å². The van der Waals surface area contributed by atoms with Crippen molar-refractivity contribution >= 4 is 33.2 Å². The van der Waals surface area contributed by atoms with Gasteiger partial charge in [-0.15, -0.1) is 10.2 Å². The van der Waals surface area contributed by atoms with Gasteiger partial charge in [-0.05, 0) is 38.5 Å². The molecule has 1 aromatic carbocycles. The molecule has 0 saturated carbocycles. The van der Waals surface area contributed by atoms with E-state index in [0.29, 0.717) is 29.6 Å². The molecule has 1 aliphatic heterocycles. The lowest BCUT2D eigenvalue weighted by atomic mass is 10.2. The van der Waals surface area contributed by atoms with Crippen LogP contribution in [0.25, 0.3) is 11.4 Å². The van der Waals surface area contributed by atoms with Crippen molar-refractivity contribution in [3.05, 3.63) is 48.4 Å². The van der Waals surface area contributed by atoms with Gasteiger partial charge in [-0.1, -0.05) is 30.0 Å². The van der Waals surface area contributed by atoms with Gasteiger partial charge in [0.1, 0.15) is 5.76 Å². The van der Waals surface area contributed by atoms with Crippen molar-refractivity contribution in [3.63, 3.8) is 0 Å². The Morgan fingerprint density at radius 2 is 2.03 bits per heavy atom. The number of anilines is 1. The molecule has 3 heterocycles. The summed E-state index contributed by atoms with van der Waals surface area (Å²) in [6, 6.07) is 10.7. The summed E-state index contributed by atoms with van der Waals surface area (Å²) in [5, 5.41) is 9.21. The lowest BCUT2D eigenvalue weighted by molar-refractivity contribution is -0.116. The highest BCUT2D eigenvalue weighted by atomic mass is 32.2. The SMILES string of the molecule is CCn1c(SCC(=O)N(c2ccccc2)[C@H]2CCS(=O)(=O)C2)nnc1-c1ccoc1C. The van der Waals surface area contributed by atoms with Gasteiger partial charge in [-0.25, -0.2) is 8.42 Å². The summed E-state index contributed by atoms with van der Waals surface area (Å²) in [7, 11) is -3.12. The molecule has 164 valence electrons. The van der Waals surface area contributed by atoms with E-state index < -0.39 is 9.84 Å². The quantitative estimate of drug-likeness (QED) is 0.499. The summed E-state index contributed by atoms with van der Waals surface area (Å²) in [5.41, 5.74) is 1.58. The van der Waals surface area contributed by atoms with Crippen LogP contribution >= 0.6 is 11.8 Å². The van der Waals surface area contributed by atoms with Gasteiger partial charge in [-0.2, -0.15) is 0 Å². The average molecular weight is 461 g/mol. The lowest BCUT2D eigenvalue weighted by Crippen LogP contribution is -2.42. The van der Waals surface area contributed by atoms with E-state index in [9.17, 15) is 13.2 Å². The molecule has 0 aliphatic carbocycles. The molecule has 0 spiro atoms. The smallest absolute Gasteiger partial charge is 0.237 e. The first-order chi connectivity index (χ1) is 14.9. The molecular weight excluding hydrogens is 436 g/mol. The van der Waals surface area contributed by atoms with Crippen LogP contribution in [0.1, 0.15) is 19.1 Å². The van der Waals surface area contributed by atoms with Crippen LogP contribution in [0.15, 0.2) is 52.2 Å². The standard InChI is InChI=1S/C21H24N4O4S2/c1-3-24-20(18-9-11-29-15(18)2)22-23-21(24)30-13-19(26)25(16-7-5-4-6-8-16)17-10-12-31(27,28)14-17/h4-9,11,17H,3,10,12-14H2,1-2H3/t17-/m0/s1. The molecule has 4 rings (SSSR count). The number of rotatable bonds is 7. The summed E-state index contributed by atoms with van der Waals surface area (Å²) in [4.78, 5) is 14.9. The van der Waals surface area contributed by atoms with Crippen LogP contribution in [-0.4, -0.2) is 52.4 Å². The summed E-state index contributed by atoms with van der Waals surface area (Å²) in [6.45, 7) is 4.51. The predicted molar refractivity (Wildman–Crippen MR) is 120 cm³/mol. The Bertz CT molecular complexity index is 1170. The van der Waals surface area contributed by atoms with Crippen LogP contribution in [0.5, 0.6) is 0 Å². The number of hydrogen-bond acceptors (Lipinski definition) is 7. The highest BCUT2D eigenvalue weighted by Crippen LogP contribution is 2.29. The molecule has 1 amide bonds. The maximum absolute atomic E-state index is 13.2. The highest BCUT2D eigenvalue weighted by molar-refractivity contribution is 7.99. The predicted octanol–water partition coefficient (Wildman–Crippen LogP) is 3.18. The first-order valence-electron chi connectivity index (χ1n) is 10.1. The molecule has 8 nitrogen and oxygen atoms in total. The number of hydrogen-bond donors (Lipinski definition) is 0. The molecule has 0 bridgehead atoms. The minimum absolute atomic E-state index is 0.00659. The largest absolute Gasteiger partial charge is 0.469 e. The second kappa shape index (κ2) is 8.88. The van der Waals surface area contributed by atoms with Crippen molar-refractivity contribution < 1.29 is 17.6 Å². The van der Waals surface area contributed by atoms with Gasteiger partial charge in [0.25, 0.3) is 0 Å². The number of aromatic nitrogens is 3. The Kier molecular flexibility index (Phi) is 6.19. The number of nitrogens with zero attached hydrogens (tertiary/aromatic N) is 4. The molecule has 3 aromatic rings. The van der Waals surface area contributed by atoms with Crippen molar-refractivity contribution in [2.45, 2.75) is 38.0 Å². The number of amides is 1. The van der Waals surface area contributed by atoms with E-state index >= 15 is 0 Å². The molecule has 2 aromatic heterocycles. The molecule has 0 N–H and O–H groups in total. The molecule has 1 aliphatic rings. The van der Waals surface area contributed by atoms with E-state index in [0.717, 1.165) is 11.3 Å². The zero-order valence-corrected chi connectivity index (χ0v) is 19.0. The Hall–Kier alpha value is -2.59. The number of sulfone groups is 1. The van der Waals surface area contributed by atoms with Gasteiger partial charge in [-0.3, -0.25) is 4.79 Å². The van der Waals surface area contributed by atoms with Crippen LogP contribution < -0.4 is 4.90 Å². The van der Waals surface area contributed by atoms with Gasteiger partial charge in [0, 0.05) is 12.2 Å². The van der Waals surface area contributed by atoms with E-state index in [2.05, 4.69) is 10.2 Å². The van der Waals surface area contributed by atoms with Crippen molar-refractivity contribution in [2.24, 2.45) is 0 Å². The zero-order chi connectivity index (χ0) is 22.0. The van der Waals surface area contributed by atoms with E-state index in [1.54, 1.807) is 11.2 Å². The second-order valence-corrected chi connectivity index (χ2v) is 10.6. The van der Waals surface area contributed by atoms with Crippen LogP contribution in [0, 0.1) is 6.92 Å². The number of benzene rings is 1. The molecule has 31 heavy (non-hydrogen) atoms. The van der Waals surface area contributed by atoms with Crippen LogP contribution in [0.4, 0.5) is 5.69 Å². The first kappa shape index (κ1) is 21.6. The molecular formula is C21H24N4O4S2. The third-order valence-corrected chi connectivity index (χ3v) is 8.04. The number of carbonyl (C=O) groups excluding carboxylic acids is 1. The van der Waals surface area contributed by atoms with E-state index in [4.69, 9.17) is 4.42 Å². The van der Waals surface area contributed by atoms with Crippen LogP contribution in [0.3, 0.4) is 0 Å². The normalized spacial score (nSPS) is 17.7. The average Bonchev–Trinajstić information content (AvgIpc) is 3.45. The van der Waals surface area contributed by atoms with Crippen molar-refractivity contribution in [2.75, 3.05) is 22.2 Å². The minimum atomic E-state index is -3.12. The maximum Gasteiger partial charge on any atom is 0.237 e. The fourth-order valence-electron chi connectivity index (χ4n) is 3.82. The van der Waals surface area contributed by atoms with E-state index in [1.807, 2.05) is 54.8 Å². The fourth-order valence-corrected chi connectivity index (χ4v) is 6.38. The number of thioether (sulfide) groups is 1. The number of aryl methyl sites for hydroxylation is 1. The molecule has 1 saturated heterocycles. The summed E-state index contributed by atoms with van der Waals surface area (Å²) in [6.07, 6.45) is 2.06. The van der Waals surface area contributed by atoms with Gasteiger partial charge in [0.05, 0.1) is 35.1 Å². The van der Waals surface area contributed by atoms with Gasteiger partial charge in [0.15, 0.2) is 20.8 Å². The highest BCUT2D eigenvalue weighted by Gasteiger charge is 2.35. The number of para-hydroxylation sites is 1. The molecule has 1 atom stereocenters. The Labute approximate surface area is 185 Å². The number of furan rings is 1. The third kappa shape index (κ3) is 4.54. The van der Waals surface area contributed by atoms with Crippen molar-refractivity contribution in [1.29, 1.82) is 0 Å². The maximum atomic E-state index is 13.2. The van der Waals surface area contributed by atoms with Gasteiger partial charge >= 0.3 is 0 Å². The zero-order valence-electron chi connectivity index (χ0n) is 17.4. The topological polar surface area (TPSA) is 98.3 Å². The van der Waals surface area contributed by atoms with Gasteiger partial charge < -0.3 is 13.9 Å². The summed E-state index contributed by atoms with van der Waals surface area (Å²) >= 11 is 1.30. The second-order valence-electron chi connectivity index (χ2n) is 7.39. The minimum Gasteiger partial charge on any atom is -0.469 e. The Morgan fingerprint density at radius 1 is 1.26 bits per heavy atom. The van der Waals surface area contributed by atoms with E-state index in [1.165, 1.54) is 11.8 Å². The molecule has 0 unspecified atom stereocenters. The lowest BCUT2D eigenvalue weighted by Gasteiger charge is -2.28. The first-order valence-corrected chi connectivity index (χ1v) is 12.9.